The highest BCUT2D eigenvalue weighted by atomic mass is 16.8. The maximum atomic E-state index is 11.3. The van der Waals surface area contributed by atoms with Gasteiger partial charge in [0.05, 0.1) is 0 Å². The molecule has 2 unspecified atom stereocenters. The van der Waals surface area contributed by atoms with Gasteiger partial charge in [-0.2, -0.15) is 5.23 Å². The molecule has 2 rings (SSSR count). The number of allylic oxidation sites excluding steroid dienone is 1. The predicted octanol–water partition coefficient (Wildman–Crippen LogP) is 1.67. The van der Waals surface area contributed by atoms with Crippen molar-refractivity contribution in [2.24, 2.45) is 0 Å². The Labute approximate surface area is 120 Å². The fraction of sp³-hybridized carbons (Fsp3) is 0.467. The maximum absolute atomic E-state index is 11.3. The van der Waals surface area contributed by atoms with Gasteiger partial charge in [0.15, 0.2) is 5.69 Å². The Hall–Kier alpha value is -1.40. The minimum atomic E-state index is -0.875. The number of hydrogen-bond acceptors (Lipinski definition) is 4. The van der Waals surface area contributed by atoms with E-state index in [0.29, 0.717) is 11.7 Å². The molecule has 0 saturated carbocycles. The van der Waals surface area contributed by atoms with E-state index in [9.17, 15) is 10.4 Å². The first-order valence-electron chi connectivity index (χ1n) is 6.95. The van der Waals surface area contributed by atoms with Gasteiger partial charge < -0.3 is 10.5 Å². The maximum Gasteiger partial charge on any atom is 0.187 e. The Morgan fingerprint density at radius 1 is 1.55 bits per heavy atom. The van der Waals surface area contributed by atoms with Gasteiger partial charge in [0.1, 0.15) is 5.69 Å². The number of quaternary nitrogens is 1. The van der Waals surface area contributed by atoms with E-state index in [0.717, 1.165) is 30.9 Å². The van der Waals surface area contributed by atoms with E-state index in [4.69, 9.17) is 0 Å². The summed E-state index contributed by atoms with van der Waals surface area (Å²) in [6.45, 7) is 8.77. The molecular formula is C15H23N3O2. The fourth-order valence-electron chi connectivity index (χ4n) is 2.42. The van der Waals surface area contributed by atoms with Crippen LogP contribution in [0, 0.1) is 5.21 Å². The minimum Gasteiger partial charge on any atom is -0.595 e. The summed E-state index contributed by atoms with van der Waals surface area (Å²) in [5.41, 5.74) is 3.48. The molecule has 0 amide bonds. The monoisotopic (exact) mass is 277 g/mol. The molecule has 1 aliphatic rings. The van der Waals surface area contributed by atoms with E-state index in [1.54, 1.807) is 6.07 Å². The highest BCUT2D eigenvalue weighted by Crippen LogP contribution is 2.27. The number of anilines is 1. The Balaban J connectivity index is 2.28. The van der Waals surface area contributed by atoms with E-state index in [1.807, 2.05) is 12.1 Å². The molecule has 2 atom stereocenters. The second-order valence-electron chi connectivity index (χ2n) is 5.59. The molecular weight excluding hydrogens is 254 g/mol. The third-order valence-electron chi connectivity index (χ3n) is 3.69. The highest BCUT2D eigenvalue weighted by molar-refractivity contribution is 5.66. The van der Waals surface area contributed by atoms with Crippen molar-refractivity contribution in [3.63, 3.8) is 0 Å². The fourth-order valence-corrected chi connectivity index (χ4v) is 2.42. The summed E-state index contributed by atoms with van der Waals surface area (Å²) in [6, 6.07) is 5.84. The number of benzene rings is 1. The third-order valence-corrected chi connectivity index (χ3v) is 3.69. The van der Waals surface area contributed by atoms with Gasteiger partial charge in [0, 0.05) is 31.7 Å². The summed E-state index contributed by atoms with van der Waals surface area (Å²) in [5, 5.41) is 23.0. The summed E-state index contributed by atoms with van der Waals surface area (Å²) in [6.07, 6.45) is 2.21. The van der Waals surface area contributed by atoms with Crippen LogP contribution in [0.15, 0.2) is 29.8 Å². The van der Waals surface area contributed by atoms with Crippen LogP contribution in [0.2, 0.25) is 0 Å². The van der Waals surface area contributed by atoms with Crippen molar-refractivity contribution < 1.29 is 10.4 Å². The number of nitrogens with zero attached hydrogens (tertiary/aromatic N) is 1. The molecule has 0 radical (unpaired) electrons. The Morgan fingerprint density at radius 3 is 2.95 bits per heavy atom. The second-order valence-corrected chi connectivity index (χ2v) is 5.59. The molecule has 0 spiro atoms. The summed E-state index contributed by atoms with van der Waals surface area (Å²) >= 11 is 0. The zero-order valence-electron chi connectivity index (χ0n) is 12.3. The summed E-state index contributed by atoms with van der Waals surface area (Å²) in [4.78, 5) is 2.36. The van der Waals surface area contributed by atoms with Crippen LogP contribution in [-0.2, 0) is 6.54 Å². The van der Waals surface area contributed by atoms with Crippen LogP contribution < -0.4 is 10.5 Å². The van der Waals surface area contributed by atoms with Gasteiger partial charge in [-0.1, -0.05) is 23.8 Å². The van der Waals surface area contributed by atoms with Crippen LogP contribution in [0.25, 0.3) is 0 Å². The van der Waals surface area contributed by atoms with Crippen molar-refractivity contribution in [1.29, 1.82) is 0 Å². The molecule has 110 valence electrons. The summed E-state index contributed by atoms with van der Waals surface area (Å²) < 4.78 is 0. The second kappa shape index (κ2) is 6.37. The first-order chi connectivity index (χ1) is 9.49. The lowest BCUT2D eigenvalue weighted by atomic mass is 10.1. The number of para-hydroxylation sites is 1. The van der Waals surface area contributed by atoms with Crippen LogP contribution in [0.3, 0.4) is 0 Å². The van der Waals surface area contributed by atoms with Crippen molar-refractivity contribution in [2.45, 2.75) is 33.4 Å². The van der Waals surface area contributed by atoms with E-state index < -0.39 is 5.23 Å². The van der Waals surface area contributed by atoms with Gasteiger partial charge in [0.25, 0.3) is 0 Å². The topological polar surface area (TPSA) is 63.0 Å². The average Bonchev–Trinajstić information content (AvgIpc) is 2.55. The molecule has 1 aromatic carbocycles. The smallest absolute Gasteiger partial charge is 0.187 e. The van der Waals surface area contributed by atoms with Crippen LogP contribution in [0.5, 0.6) is 0 Å². The first kappa shape index (κ1) is 15.0. The standard InChI is InChI=1S/C15H23N3O2/c1-11(2)7-8-17-10-13-5-4-6-14(18(19)20)15(13)16-9-12(17)3/h4-7,12,16,18-19H,8-10H2,1-3H3. The zero-order valence-corrected chi connectivity index (χ0v) is 12.3. The van der Waals surface area contributed by atoms with E-state index in [-0.39, 0.29) is 0 Å². The van der Waals surface area contributed by atoms with Gasteiger partial charge >= 0.3 is 0 Å². The molecule has 5 heteroatoms. The predicted molar refractivity (Wildman–Crippen MR) is 80.0 cm³/mol. The minimum absolute atomic E-state index is 0.360. The lowest BCUT2D eigenvalue weighted by Crippen LogP contribution is -2.99. The van der Waals surface area contributed by atoms with Gasteiger partial charge in [-0.25, -0.2) is 5.21 Å². The summed E-state index contributed by atoms with van der Waals surface area (Å²) in [5.74, 6) is 0. The molecule has 3 N–H and O–H groups in total. The van der Waals surface area contributed by atoms with Crippen molar-refractivity contribution in [2.75, 3.05) is 18.4 Å². The number of nitrogens with one attached hydrogen (secondary N) is 2. The number of rotatable bonds is 3. The molecule has 5 nitrogen and oxygen atoms in total. The third kappa shape index (κ3) is 3.37. The van der Waals surface area contributed by atoms with E-state index in [1.165, 1.54) is 5.57 Å². The quantitative estimate of drug-likeness (QED) is 0.581. The normalized spacial score (nSPS) is 20.6. The van der Waals surface area contributed by atoms with Crippen LogP contribution in [-0.4, -0.2) is 29.2 Å². The molecule has 0 fully saturated rings. The summed E-state index contributed by atoms with van der Waals surface area (Å²) in [7, 11) is 0. The molecule has 1 aromatic rings. The van der Waals surface area contributed by atoms with Crippen molar-refractivity contribution >= 4 is 11.4 Å². The number of hydrogen-bond donors (Lipinski definition) is 3. The van der Waals surface area contributed by atoms with Crippen molar-refractivity contribution in [3.8, 4) is 0 Å². The van der Waals surface area contributed by atoms with Crippen molar-refractivity contribution in [1.82, 2.24) is 4.90 Å². The first-order valence-corrected chi connectivity index (χ1v) is 6.95. The molecule has 0 bridgehead atoms. The SMILES string of the molecule is CC(C)=CCN1Cc2cccc([NH+]([O-])O)c2NCC1C. The number of fused-ring (bicyclic) bond motifs is 1. The molecule has 0 saturated heterocycles. The Bertz CT molecular complexity index is 496. The van der Waals surface area contributed by atoms with Gasteiger partial charge in [0.2, 0.25) is 0 Å². The largest absolute Gasteiger partial charge is 0.595 e. The van der Waals surface area contributed by atoms with Crippen LogP contribution >= 0.6 is 0 Å². The average molecular weight is 277 g/mol. The Kier molecular flexibility index (Phi) is 4.77. The highest BCUT2D eigenvalue weighted by Gasteiger charge is 2.22. The lowest BCUT2D eigenvalue weighted by Gasteiger charge is -2.25. The molecule has 1 heterocycles. The van der Waals surface area contributed by atoms with Gasteiger partial charge in [-0.15, -0.1) is 0 Å². The van der Waals surface area contributed by atoms with Gasteiger partial charge in [-0.05, 0) is 26.3 Å². The Morgan fingerprint density at radius 2 is 2.30 bits per heavy atom. The zero-order chi connectivity index (χ0) is 14.7. The van der Waals surface area contributed by atoms with Crippen LogP contribution in [0.4, 0.5) is 11.4 Å². The van der Waals surface area contributed by atoms with E-state index >= 15 is 0 Å². The van der Waals surface area contributed by atoms with Crippen LogP contribution in [0.1, 0.15) is 26.3 Å². The van der Waals surface area contributed by atoms with Crippen molar-refractivity contribution in [3.05, 3.63) is 40.6 Å². The van der Waals surface area contributed by atoms with E-state index in [2.05, 4.69) is 37.1 Å². The molecule has 20 heavy (non-hydrogen) atoms. The molecule has 0 aliphatic carbocycles. The molecule has 0 aromatic heterocycles. The van der Waals surface area contributed by atoms with Gasteiger partial charge in [-0.3, -0.25) is 4.90 Å². The lowest BCUT2D eigenvalue weighted by molar-refractivity contribution is -0.990. The molecule has 1 aliphatic heterocycles.